The van der Waals surface area contributed by atoms with Crippen LogP contribution in [0.1, 0.15) is 17.8 Å². The minimum absolute atomic E-state index is 0.288. The van der Waals surface area contributed by atoms with Gasteiger partial charge in [0.05, 0.1) is 50.2 Å². The number of thiazole rings is 1. The molecule has 0 bridgehead atoms. The maximum Gasteiger partial charge on any atom is 0.265 e. The molecule has 0 saturated heterocycles. The zero-order chi connectivity index (χ0) is 25.4. The van der Waals surface area contributed by atoms with Gasteiger partial charge in [0.2, 0.25) is 5.52 Å². The molecule has 188 valence electrons. The van der Waals surface area contributed by atoms with Crippen LogP contribution in [-0.4, -0.2) is 57.4 Å². The first-order chi connectivity index (χ1) is 16.4. The van der Waals surface area contributed by atoms with Crippen LogP contribution in [0.4, 0.5) is 5.69 Å². The van der Waals surface area contributed by atoms with Crippen LogP contribution in [0.2, 0.25) is 10.0 Å². The number of aryl methyl sites for hydroxylation is 1. The van der Waals surface area contributed by atoms with E-state index in [9.17, 15) is 13.0 Å². The largest absolute Gasteiger partial charge is 0.335 e. The fourth-order valence-corrected chi connectivity index (χ4v) is 7.15. The van der Waals surface area contributed by atoms with Gasteiger partial charge in [0.15, 0.2) is 6.54 Å². The fraction of sp³-hybridized carbons (Fsp3) is 0.375. The van der Waals surface area contributed by atoms with E-state index < -0.39 is 10.1 Å². The first-order valence-corrected chi connectivity index (χ1v) is 15.2. The Morgan fingerprint density at radius 1 is 1.09 bits per heavy atom. The lowest BCUT2D eigenvalue weighted by Gasteiger charge is -2.26. The second-order valence-corrected chi connectivity index (χ2v) is 14.1. The molecule has 3 aromatic rings. The molecular weight excluding hydrogens is 545 g/mol. The molecule has 0 aliphatic carbocycles. The van der Waals surface area contributed by atoms with Crippen molar-refractivity contribution in [3.63, 3.8) is 0 Å². The number of aromatic nitrogens is 1. The number of hydrogen-bond donors (Lipinski definition) is 1. The molecule has 2 aromatic carbocycles. The van der Waals surface area contributed by atoms with Crippen LogP contribution < -0.4 is 9.47 Å². The summed E-state index contributed by atoms with van der Waals surface area (Å²) in [6, 6.07) is 11.7. The summed E-state index contributed by atoms with van der Waals surface area (Å²) >= 11 is 16.0. The average molecular weight is 575 g/mol. The summed E-state index contributed by atoms with van der Waals surface area (Å²) in [6.45, 7) is 2.35. The Labute approximate surface area is 225 Å². The molecule has 1 aliphatic rings. The molecule has 35 heavy (non-hydrogen) atoms. The third-order valence-electron chi connectivity index (χ3n) is 5.63. The Morgan fingerprint density at radius 3 is 2.51 bits per heavy atom. The van der Waals surface area contributed by atoms with Crippen molar-refractivity contribution in [1.82, 2.24) is 0 Å². The fourth-order valence-electron chi connectivity index (χ4n) is 4.04. The number of halogens is 2. The van der Waals surface area contributed by atoms with Crippen molar-refractivity contribution in [3.05, 3.63) is 56.5 Å². The summed E-state index contributed by atoms with van der Waals surface area (Å²) in [5.41, 5.74) is 2.06. The Morgan fingerprint density at radius 2 is 1.80 bits per heavy atom. The molecule has 11 heteroatoms. The summed E-state index contributed by atoms with van der Waals surface area (Å²) in [4.78, 5) is 3.48. The van der Waals surface area contributed by atoms with Crippen molar-refractivity contribution >= 4 is 78.4 Å². The van der Waals surface area contributed by atoms with E-state index in [-0.39, 0.29) is 5.75 Å². The van der Waals surface area contributed by atoms with E-state index in [4.69, 9.17) is 23.2 Å². The number of quaternary nitrogens is 1. The van der Waals surface area contributed by atoms with Gasteiger partial charge >= 0.3 is 0 Å². The molecule has 0 spiro atoms. The molecule has 0 saturated carbocycles. The van der Waals surface area contributed by atoms with Crippen molar-refractivity contribution in [2.45, 2.75) is 24.3 Å². The number of thioether (sulfide) groups is 1. The van der Waals surface area contributed by atoms with Crippen LogP contribution in [-0.2, 0) is 16.7 Å². The SMILES string of the molecule is C[N+](C)(C)CCCN1C(=Cc2sc3ccc(Cl)cc3[n+]2CCCS(=O)(=O)O)Sc2ccc(Cl)cc21. The van der Waals surface area contributed by atoms with Crippen LogP contribution >= 0.6 is 46.3 Å². The average Bonchev–Trinajstić information content (AvgIpc) is 3.24. The normalized spacial score (nSPS) is 15.4. The second kappa shape index (κ2) is 10.6. The maximum atomic E-state index is 11.3. The molecule has 1 aliphatic heterocycles. The molecule has 0 radical (unpaired) electrons. The second-order valence-electron chi connectivity index (χ2n) is 9.56. The van der Waals surface area contributed by atoms with Crippen LogP contribution in [0.25, 0.3) is 16.3 Å². The number of rotatable bonds is 9. The van der Waals surface area contributed by atoms with Crippen LogP contribution in [0.15, 0.2) is 46.3 Å². The summed E-state index contributed by atoms with van der Waals surface area (Å²) in [7, 11) is 2.55. The number of anilines is 1. The molecule has 0 fully saturated rings. The van der Waals surface area contributed by atoms with Gasteiger partial charge in [-0.25, -0.2) is 0 Å². The third-order valence-corrected chi connectivity index (χ3v) is 9.13. The van der Waals surface area contributed by atoms with Gasteiger partial charge < -0.3 is 9.38 Å². The molecule has 1 N–H and O–H groups in total. The van der Waals surface area contributed by atoms with E-state index in [2.05, 4.69) is 42.8 Å². The highest BCUT2D eigenvalue weighted by Crippen LogP contribution is 2.48. The number of hydrogen-bond acceptors (Lipinski definition) is 5. The van der Waals surface area contributed by atoms with E-state index in [0.717, 1.165) is 54.8 Å². The van der Waals surface area contributed by atoms with Crippen LogP contribution in [0, 0.1) is 0 Å². The van der Waals surface area contributed by atoms with Crippen LogP contribution in [0.5, 0.6) is 0 Å². The monoisotopic (exact) mass is 573 g/mol. The minimum atomic E-state index is -4.02. The number of benzene rings is 2. The molecule has 2 heterocycles. The highest BCUT2D eigenvalue weighted by Gasteiger charge is 2.29. The van der Waals surface area contributed by atoms with E-state index >= 15 is 0 Å². The van der Waals surface area contributed by atoms with Gasteiger partial charge in [0.1, 0.15) is 4.70 Å². The predicted molar refractivity (Wildman–Crippen MR) is 148 cm³/mol. The summed E-state index contributed by atoms with van der Waals surface area (Å²) < 4.78 is 35.9. The van der Waals surface area contributed by atoms with Crippen LogP contribution in [0.3, 0.4) is 0 Å². The van der Waals surface area contributed by atoms with Crippen molar-refractivity contribution < 1.29 is 22.0 Å². The molecule has 0 atom stereocenters. The zero-order valence-electron chi connectivity index (χ0n) is 19.9. The van der Waals surface area contributed by atoms with Gasteiger partial charge in [-0.05, 0) is 30.3 Å². The van der Waals surface area contributed by atoms with E-state index in [1.807, 2.05) is 30.3 Å². The van der Waals surface area contributed by atoms with Crippen molar-refractivity contribution in [3.8, 4) is 0 Å². The Bertz CT molecular complexity index is 1380. The quantitative estimate of drug-likeness (QED) is 0.200. The van der Waals surface area contributed by atoms with E-state index in [1.165, 1.54) is 0 Å². The minimum Gasteiger partial charge on any atom is -0.335 e. The summed E-state index contributed by atoms with van der Waals surface area (Å²) in [6.07, 6.45) is 3.48. The van der Waals surface area contributed by atoms with Crippen molar-refractivity contribution in [2.24, 2.45) is 0 Å². The van der Waals surface area contributed by atoms with Crippen molar-refractivity contribution in [2.75, 3.05) is 44.9 Å². The summed E-state index contributed by atoms with van der Waals surface area (Å²) in [5.74, 6) is -0.288. The van der Waals surface area contributed by atoms with Gasteiger partial charge in [-0.3, -0.25) is 4.55 Å². The predicted octanol–water partition coefficient (Wildman–Crippen LogP) is 5.78. The first kappa shape index (κ1) is 26.7. The maximum absolute atomic E-state index is 11.3. The third kappa shape index (κ3) is 6.91. The highest BCUT2D eigenvalue weighted by molar-refractivity contribution is 8.03. The Balaban J connectivity index is 1.72. The first-order valence-electron chi connectivity index (χ1n) is 11.2. The van der Waals surface area contributed by atoms with E-state index in [1.54, 1.807) is 23.1 Å². The molecule has 6 nitrogen and oxygen atoms in total. The zero-order valence-corrected chi connectivity index (χ0v) is 23.8. The molecule has 4 rings (SSSR count). The molecule has 0 unspecified atom stereocenters. The lowest BCUT2D eigenvalue weighted by Crippen LogP contribution is -2.37. The summed E-state index contributed by atoms with van der Waals surface area (Å²) in [5, 5.41) is 3.43. The standard InChI is InChI=1S/C24H28Cl2N3O3S3/c1-29(2,3)12-4-10-27-19-14-17(25)6-8-21(19)33-23(27)16-24-28(11-5-13-35(30,31)32)20-15-18(26)7-9-22(20)34-24/h6-9,14-16H,4-5,10-13H2,1-3H3/q+1/p+1. The van der Waals surface area contributed by atoms with E-state index in [0.29, 0.717) is 23.0 Å². The van der Waals surface area contributed by atoms with Gasteiger partial charge in [-0.2, -0.15) is 13.0 Å². The lowest BCUT2D eigenvalue weighted by atomic mass is 10.2. The lowest BCUT2D eigenvalue weighted by molar-refractivity contribution is -0.870. The van der Waals surface area contributed by atoms with Gasteiger partial charge in [-0.15, -0.1) is 0 Å². The van der Waals surface area contributed by atoms with Gasteiger partial charge in [-0.1, -0.05) is 46.3 Å². The Kier molecular flexibility index (Phi) is 8.07. The number of fused-ring (bicyclic) bond motifs is 2. The van der Waals surface area contributed by atoms with Crippen molar-refractivity contribution in [1.29, 1.82) is 0 Å². The molecule has 1 aromatic heterocycles. The smallest absolute Gasteiger partial charge is 0.265 e. The molecular formula is C24H29Cl2N3O3S3+2. The van der Waals surface area contributed by atoms with Gasteiger partial charge in [0.25, 0.3) is 15.1 Å². The highest BCUT2D eigenvalue weighted by atomic mass is 35.5. The van der Waals surface area contributed by atoms with Gasteiger partial charge in [0, 0.05) is 40.4 Å². The topological polar surface area (TPSA) is 61.5 Å². The molecule has 0 amide bonds. The Hall–Kier alpha value is -1.33. The number of nitrogens with zero attached hydrogens (tertiary/aromatic N) is 3.